The van der Waals surface area contributed by atoms with Gasteiger partial charge in [0, 0.05) is 16.9 Å². The number of anilines is 2. The summed E-state index contributed by atoms with van der Waals surface area (Å²) in [5.41, 5.74) is 2.53. The van der Waals surface area contributed by atoms with Crippen molar-refractivity contribution in [3.63, 3.8) is 0 Å². The van der Waals surface area contributed by atoms with Gasteiger partial charge in [0.1, 0.15) is 5.75 Å². The van der Waals surface area contributed by atoms with E-state index >= 15 is 0 Å². The maximum Gasteiger partial charge on any atom is 0.291 e. The van der Waals surface area contributed by atoms with Gasteiger partial charge in [-0.1, -0.05) is 6.07 Å². The highest BCUT2D eigenvalue weighted by Gasteiger charge is 2.12. The van der Waals surface area contributed by atoms with E-state index in [1.54, 1.807) is 36.4 Å². The number of ether oxygens (including phenoxy) is 1. The first-order valence-electron chi connectivity index (χ1n) is 8.96. The molecule has 3 aromatic rings. The van der Waals surface area contributed by atoms with E-state index in [-0.39, 0.29) is 23.7 Å². The van der Waals surface area contributed by atoms with Gasteiger partial charge in [-0.25, -0.2) is 0 Å². The van der Waals surface area contributed by atoms with E-state index in [1.807, 2.05) is 39.0 Å². The number of hydrogen-bond donors (Lipinski definition) is 2. The summed E-state index contributed by atoms with van der Waals surface area (Å²) in [6.45, 7) is 5.83. The second-order valence-electron chi connectivity index (χ2n) is 6.61. The SMILES string of the molecule is Cc1cc(OC(C)C)ccc1NC(=O)c1cccc(NC(=O)c2ccco2)c1. The Bertz CT molecular complexity index is 978. The lowest BCUT2D eigenvalue weighted by molar-refractivity contribution is 0.0993. The molecule has 6 nitrogen and oxygen atoms in total. The highest BCUT2D eigenvalue weighted by atomic mass is 16.5. The average molecular weight is 378 g/mol. The quantitative estimate of drug-likeness (QED) is 0.641. The van der Waals surface area contributed by atoms with E-state index in [9.17, 15) is 9.59 Å². The van der Waals surface area contributed by atoms with Gasteiger partial charge in [-0.3, -0.25) is 9.59 Å². The zero-order valence-corrected chi connectivity index (χ0v) is 16.0. The molecule has 1 aromatic heterocycles. The normalized spacial score (nSPS) is 10.6. The molecular formula is C22H22N2O4. The highest BCUT2D eigenvalue weighted by molar-refractivity contribution is 6.07. The van der Waals surface area contributed by atoms with E-state index in [4.69, 9.17) is 9.15 Å². The molecule has 0 saturated carbocycles. The standard InChI is InChI=1S/C22H22N2O4/c1-14(2)28-18-9-10-19(15(3)12-18)24-21(25)16-6-4-7-17(13-16)23-22(26)20-8-5-11-27-20/h4-14H,1-3H3,(H,23,26)(H,24,25). The van der Waals surface area contributed by atoms with Crippen molar-refractivity contribution < 1.29 is 18.7 Å². The third-order valence-corrected chi connectivity index (χ3v) is 3.95. The van der Waals surface area contributed by atoms with Crippen molar-refractivity contribution in [1.29, 1.82) is 0 Å². The number of aryl methyl sites for hydroxylation is 1. The Labute approximate surface area is 163 Å². The van der Waals surface area contributed by atoms with Crippen molar-refractivity contribution >= 4 is 23.2 Å². The van der Waals surface area contributed by atoms with Crippen LogP contribution in [0.2, 0.25) is 0 Å². The van der Waals surface area contributed by atoms with Crippen LogP contribution in [-0.2, 0) is 0 Å². The molecule has 1 heterocycles. The van der Waals surface area contributed by atoms with Crippen LogP contribution >= 0.6 is 0 Å². The first kappa shape index (κ1) is 19.2. The fourth-order valence-electron chi connectivity index (χ4n) is 2.66. The molecule has 0 aliphatic rings. The van der Waals surface area contributed by atoms with Gasteiger partial charge in [0.25, 0.3) is 11.8 Å². The lowest BCUT2D eigenvalue weighted by atomic mass is 10.1. The largest absolute Gasteiger partial charge is 0.491 e. The zero-order chi connectivity index (χ0) is 20.1. The smallest absolute Gasteiger partial charge is 0.291 e. The van der Waals surface area contributed by atoms with Crippen molar-refractivity contribution in [1.82, 2.24) is 0 Å². The second-order valence-corrected chi connectivity index (χ2v) is 6.61. The van der Waals surface area contributed by atoms with Crippen molar-refractivity contribution in [2.45, 2.75) is 26.9 Å². The van der Waals surface area contributed by atoms with Crippen LogP contribution in [0.1, 0.15) is 40.3 Å². The summed E-state index contributed by atoms with van der Waals surface area (Å²) in [6, 6.07) is 15.4. The van der Waals surface area contributed by atoms with E-state index in [0.717, 1.165) is 11.3 Å². The third kappa shape index (κ3) is 4.79. The summed E-state index contributed by atoms with van der Waals surface area (Å²) in [5, 5.41) is 5.60. The molecule has 0 bridgehead atoms. The van der Waals surface area contributed by atoms with Crippen molar-refractivity contribution in [2.24, 2.45) is 0 Å². The number of nitrogens with one attached hydrogen (secondary N) is 2. The van der Waals surface area contributed by atoms with E-state index < -0.39 is 0 Å². The van der Waals surface area contributed by atoms with Gasteiger partial charge in [0.15, 0.2) is 5.76 Å². The van der Waals surface area contributed by atoms with Gasteiger partial charge < -0.3 is 19.8 Å². The maximum atomic E-state index is 12.6. The Kier molecular flexibility index (Phi) is 5.79. The molecule has 144 valence electrons. The van der Waals surface area contributed by atoms with Gasteiger partial charge in [-0.15, -0.1) is 0 Å². The number of hydrogen-bond acceptors (Lipinski definition) is 4. The molecule has 2 aromatic carbocycles. The molecule has 6 heteroatoms. The lowest BCUT2D eigenvalue weighted by Crippen LogP contribution is -2.15. The summed E-state index contributed by atoms with van der Waals surface area (Å²) >= 11 is 0. The fourth-order valence-corrected chi connectivity index (χ4v) is 2.66. The van der Waals surface area contributed by atoms with Gasteiger partial charge in [-0.2, -0.15) is 0 Å². The van der Waals surface area contributed by atoms with E-state index in [1.165, 1.54) is 6.26 Å². The summed E-state index contributed by atoms with van der Waals surface area (Å²) in [5.74, 6) is 0.316. The molecule has 0 radical (unpaired) electrons. The molecule has 2 amide bonds. The Morgan fingerprint density at radius 1 is 0.964 bits per heavy atom. The molecule has 28 heavy (non-hydrogen) atoms. The predicted octanol–water partition coefficient (Wildman–Crippen LogP) is 4.88. The summed E-state index contributed by atoms with van der Waals surface area (Å²) < 4.78 is 10.7. The van der Waals surface area contributed by atoms with Crippen molar-refractivity contribution in [2.75, 3.05) is 10.6 Å². The molecule has 0 aliphatic carbocycles. The monoisotopic (exact) mass is 378 g/mol. The van der Waals surface area contributed by atoms with Crippen LogP contribution < -0.4 is 15.4 Å². The van der Waals surface area contributed by atoms with Crippen LogP contribution in [0.3, 0.4) is 0 Å². The van der Waals surface area contributed by atoms with Crippen LogP contribution in [0, 0.1) is 6.92 Å². The molecule has 3 rings (SSSR count). The average Bonchev–Trinajstić information content (AvgIpc) is 3.18. The van der Waals surface area contributed by atoms with Gasteiger partial charge in [0.2, 0.25) is 0 Å². The van der Waals surface area contributed by atoms with Crippen molar-refractivity contribution in [3.8, 4) is 5.75 Å². The van der Waals surface area contributed by atoms with Crippen LogP contribution in [0.4, 0.5) is 11.4 Å². The minimum atomic E-state index is -0.376. The first-order chi connectivity index (χ1) is 13.4. The Morgan fingerprint density at radius 2 is 1.79 bits per heavy atom. The first-order valence-corrected chi connectivity index (χ1v) is 8.96. The number of furan rings is 1. The molecule has 0 saturated heterocycles. The van der Waals surface area contributed by atoms with Crippen LogP contribution in [0.15, 0.2) is 65.3 Å². The second kappa shape index (κ2) is 8.43. The minimum Gasteiger partial charge on any atom is -0.491 e. The predicted molar refractivity (Wildman–Crippen MR) is 108 cm³/mol. The molecule has 0 spiro atoms. The van der Waals surface area contributed by atoms with Crippen LogP contribution in [0.25, 0.3) is 0 Å². The number of amides is 2. The molecule has 0 unspecified atom stereocenters. The number of benzene rings is 2. The minimum absolute atomic E-state index is 0.0824. The van der Waals surface area contributed by atoms with E-state index in [2.05, 4.69) is 10.6 Å². The topological polar surface area (TPSA) is 80.6 Å². The fraction of sp³-hybridized carbons (Fsp3) is 0.182. The summed E-state index contributed by atoms with van der Waals surface area (Å²) in [4.78, 5) is 24.7. The number of rotatable bonds is 6. The van der Waals surface area contributed by atoms with E-state index in [0.29, 0.717) is 16.9 Å². The van der Waals surface area contributed by atoms with Crippen molar-refractivity contribution in [3.05, 3.63) is 77.7 Å². The van der Waals surface area contributed by atoms with Gasteiger partial charge >= 0.3 is 0 Å². The Morgan fingerprint density at radius 3 is 2.46 bits per heavy atom. The summed E-state index contributed by atoms with van der Waals surface area (Å²) in [7, 11) is 0. The van der Waals surface area contributed by atoms with Crippen LogP contribution in [-0.4, -0.2) is 17.9 Å². The van der Waals surface area contributed by atoms with Crippen LogP contribution in [0.5, 0.6) is 5.75 Å². The molecular weight excluding hydrogens is 356 g/mol. The number of carbonyl (C=O) groups excluding carboxylic acids is 2. The molecule has 2 N–H and O–H groups in total. The Hall–Kier alpha value is -3.54. The molecule has 0 atom stereocenters. The highest BCUT2D eigenvalue weighted by Crippen LogP contribution is 2.23. The number of carbonyl (C=O) groups is 2. The third-order valence-electron chi connectivity index (χ3n) is 3.95. The van der Waals surface area contributed by atoms with Gasteiger partial charge in [0.05, 0.1) is 12.4 Å². The van der Waals surface area contributed by atoms with Gasteiger partial charge in [-0.05, 0) is 74.9 Å². The zero-order valence-electron chi connectivity index (χ0n) is 16.0. The lowest BCUT2D eigenvalue weighted by Gasteiger charge is -2.13. The summed E-state index contributed by atoms with van der Waals surface area (Å²) in [6.07, 6.45) is 1.51. The molecule has 0 fully saturated rings. The Balaban J connectivity index is 1.70. The molecule has 0 aliphatic heterocycles. The maximum absolute atomic E-state index is 12.6.